The average Bonchev–Trinajstić information content (AvgIpc) is 2.44. The number of aliphatic hydroxyl groups is 1. The van der Waals surface area contributed by atoms with Crippen LogP contribution in [-0.4, -0.2) is 5.11 Å². The smallest absolute Gasteiger partial charge is 0.135 e. The second-order valence-corrected chi connectivity index (χ2v) is 5.42. The van der Waals surface area contributed by atoms with Gasteiger partial charge < -0.3 is 5.11 Å². The summed E-state index contributed by atoms with van der Waals surface area (Å²) in [5.41, 5.74) is 0.133. The molecule has 3 heteroatoms. The van der Waals surface area contributed by atoms with Crippen LogP contribution >= 0.6 is 0 Å². The van der Waals surface area contributed by atoms with Crippen LogP contribution in [0.5, 0.6) is 0 Å². The second kappa shape index (κ2) is 4.67. The summed E-state index contributed by atoms with van der Waals surface area (Å²) in [6.45, 7) is 1.58. The molecule has 0 spiro atoms. The lowest BCUT2D eigenvalue weighted by atomic mass is 9.74. The first-order chi connectivity index (χ1) is 9.54. The van der Waals surface area contributed by atoms with Crippen molar-refractivity contribution in [2.75, 3.05) is 0 Å². The van der Waals surface area contributed by atoms with Crippen molar-refractivity contribution < 1.29 is 13.9 Å². The van der Waals surface area contributed by atoms with E-state index in [2.05, 4.69) is 0 Å². The van der Waals surface area contributed by atoms with Crippen LogP contribution in [0.25, 0.3) is 0 Å². The Bertz CT molecular complexity index is 666. The minimum absolute atomic E-state index is 0.218. The molecular formula is C17H16F2O. The Morgan fingerprint density at radius 1 is 1.10 bits per heavy atom. The maximum absolute atomic E-state index is 14.4. The number of benzene rings is 2. The maximum atomic E-state index is 14.4. The van der Waals surface area contributed by atoms with E-state index >= 15 is 0 Å². The molecule has 1 nitrogen and oxygen atoms in total. The largest absolute Gasteiger partial charge is 0.380 e. The summed E-state index contributed by atoms with van der Waals surface area (Å²) in [7, 11) is 0. The van der Waals surface area contributed by atoms with E-state index in [1.54, 1.807) is 19.1 Å². The summed E-state index contributed by atoms with van der Waals surface area (Å²) < 4.78 is 28.5. The van der Waals surface area contributed by atoms with Crippen LogP contribution in [0.3, 0.4) is 0 Å². The summed E-state index contributed by atoms with van der Waals surface area (Å²) in [5, 5.41) is 11.0. The molecule has 0 heterocycles. The Morgan fingerprint density at radius 2 is 1.85 bits per heavy atom. The molecule has 1 aliphatic carbocycles. The van der Waals surface area contributed by atoms with Crippen LogP contribution in [0.15, 0.2) is 36.4 Å². The quantitative estimate of drug-likeness (QED) is 0.837. The van der Waals surface area contributed by atoms with E-state index in [4.69, 9.17) is 0 Å². The lowest BCUT2D eigenvalue weighted by Gasteiger charge is -2.35. The molecule has 0 fully saturated rings. The highest BCUT2D eigenvalue weighted by Crippen LogP contribution is 2.42. The molecule has 1 aliphatic rings. The first-order valence-electron chi connectivity index (χ1n) is 6.80. The van der Waals surface area contributed by atoms with Gasteiger partial charge in [0.05, 0.1) is 5.56 Å². The molecular weight excluding hydrogens is 258 g/mol. The number of halogens is 2. The van der Waals surface area contributed by atoms with E-state index in [9.17, 15) is 13.9 Å². The normalized spacial score (nSPS) is 21.6. The Labute approximate surface area is 116 Å². The summed E-state index contributed by atoms with van der Waals surface area (Å²) in [4.78, 5) is 0. The van der Waals surface area contributed by atoms with Crippen molar-refractivity contribution in [3.05, 3.63) is 70.3 Å². The fraction of sp³-hybridized carbons (Fsp3) is 0.294. The van der Waals surface area contributed by atoms with Gasteiger partial charge in [0.2, 0.25) is 0 Å². The molecule has 2 aromatic rings. The van der Waals surface area contributed by atoms with Crippen LogP contribution in [0, 0.1) is 18.6 Å². The Morgan fingerprint density at radius 3 is 2.65 bits per heavy atom. The number of hydrogen-bond donors (Lipinski definition) is 1. The van der Waals surface area contributed by atoms with Gasteiger partial charge in [0.15, 0.2) is 0 Å². The van der Waals surface area contributed by atoms with Crippen molar-refractivity contribution in [1.29, 1.82) is 0 Å². The molecule has 3 rings (SSSR count). The fourth-order valence-corrected chi connectivity index (χ4v) is 3.11. The maximum Gasteiger partial charge on any atom is 0.135 e. The number of fused-ring (bicyclic) bond motifs is 1. The third-order valence-corrected chi connectivity index (χ3v) is 4.15. The lowest BCUT2D eigenvalue weighted by molar-refractivity contribution is 0.0538. The summed E-state index contributed by atoms with van der Waals surface area (Å²) >= 11 is 0. The Kier molecular flexibility index (Phi) is 3.09. The van der Waals surface area contributed by atoms with Gasteiger partial charge in [0.1, 0.15) is 17.2 Å². The van der Waals surface area contributed by atoms with Crippen molar-refractivity contribution in [1.82, 2.24) is 0 Å². The number of hydrogen-bond acceptors (Lipinski definition) is 1. The molecule has 1 atom stereocenters. The lowest BCUT2D eigenvalue weighted by Crippen LogP contribution is -2.34. The van der Waals surface area contributed by atoms with Crippen molar-refractivity contribution >= 4 is 0 Å². The van der Waals surface area contributed by atoms with Gasteiger partial charge in [-0.15, -0.1) is 0 Å². The van der Waals surface area contributed by atoms with Gasteiger partial charge in [-0.1, -0.05) is 30.3 Å². The van der Waals surface area contributed by atoms with Gasteiger partial charge in [0.25, 0.3) is 0 Å². The van der Waals surface area contributed by atoms with E-state index in [1.165, 1.54) is 12.1 Å². The van der Waals surface area contributed by atoms with Crippen molar-refractivity contribution in [3.8, 4) is 0 Å². The molecule has 1 N–H and O–H groups in total. The van der Waals surface area contributed by atoms with E-state index in [0.29, 0.717) is 24.0 Å². The fourth-order valence-electron chi connectivity index (χ4n) is 3.11. The molecule has 0 radical (unpaired) electrons. The molecule has 0 bridgehead atoms. The molecule has 0 amide bonds. The standard InChI is InChI=1S/C17H16F2O/c1-11-8-9-14(18)15(16(11)19)17(20)10-4-6-12-5-2-3-7-13(12)17/h2-3,5,7-9,20H,4,6,10H2,1H3. The van der Waals surface area contributed by atoms with Gasteiger partial charge in [-0.2, -0.15) is 0 Å². The molecule has 0 saturated carbocycles. The highest BCUT2D eigenvalue weighted by atomic mass is 19.1. The predicted molar refractivity (Wildman–Crippen MR) is 73.5 cm³/mol. The predicted octanol–water partition coefficient (Wildman–Crippen LogP) is 3.85. The van der Waals surface area contributed by atoms with Crippen molar-refractivity contribution in [3.63, 3.8) is 0 Å². The monoisotopic (exact) mass is 274 g/mol. The number of rotatable bonds is 1. The van der Waals surface area contributed by atoms with E-state index in [1.807, 2.05) is 12.1 Å². The third kappa shape index (κ3) is 1.85. The van der Waals surface area contributed by atoms with Crippen LogP contribution in [-0.2, 0) is 12.0 Å². The highest BCUT2D eigenvalue weighted by molar-refractivity contribution is 5.45. The van der Waals surface area contributed by atoms with E-state index in [0.717, 1.165) is 12.0 Å². The van der Waals surface area contributed by atoms with Crippen LogP contribution in [0.4, 0.5) is 8.78 Å². The van der Waals surface area contributed by atoms with Gasteiger partial charge in [-0.3, -0.25) is 0 Å². The molecule has 0 aliphatic heterocycles. The minimum Gasteiger partial charge on any atom is -0.380 e. The second-order valence-electron chi connectivity index (χ2n) is 5.42. The Hall–Kier alpha value is -1.74. The summed E-state index contributed by atoms with van der Waals surface area (Å²) in [5.74, 6) is -1.34. The zero-order valence-corrected chi connectivity index (χ0v) is 11.3. The molecule has 0 saturated heterocycles. The van der Waals surface area contributed by atoms with E-state index < -0.39 is 17.2 Å². The SMILES string of the molecule is Cc1ccc(F)c(C2(O)CCCc3ccccc32)c1F. The first-order valence-corrected chi connectivity index (χ1v) is 6.80. The highest BCUT2D eigenvalue weighted by Gasteiger charge is 2.40. The van der Waals surface area contributed by atoms with Crippen LogP contribution in [0.1, 0.15) is 35.1 Å². The van der Waals surface area contributed by atoms with Gasteiger partial charge in [0, 0.05) is 0 Å². The summed E-state index contributed by atoms with van der Waals surface area (Å²) in [6.07, 6.45) is 1.87. The van der Waals surface area contributed by atoms with E-state index in [-0.39, 0.29) is 5.56 Å². The molecule has 20 heavy (non-hydrogen) atoms. The molecule has 1 unspecified atom stereocenters. The third-order valence-electron chi connectivity index (χ3n) is 4.15. The Balaban J connectivity index is 2.27. The van der Waals surface area contributed by atoms with Gasteiger partial charge in [-0.05, 0) is 48.9 Å². The average molecular weight is 274 g/mol. The molecule has 2 aromatic carbocycles. The van der Waals surface area contributed by atoms with Crippen molar-refractivity contribution in [2.24, 2.45) is 0 Å². The zero-order chi connectivity index (χ0) is 14.3. The zero-order valence-electron chi connectivity index (χ0n) is 11.3. The first kappa shape index (κ1) is 13.3. The molecule has 104 valence electrons. The summed E-state index contributed by atoms with van der Waals surface area (Å²) in [6, 6.07) is 9.96. The number of aryl methyl sites for hydroxylation is 2. The van der Waals surface area contributed by atoms with Crippen molar-refractivity contribution in [2.45, 2.75) is 31.8 Å². The van der Waals surface area contributed by atoms with Crippen LogP contribution in [0.2, 0.25) is 0 Å². The van der Waals surface area contributed by atoms with Gasteiger partial charge >= 0.3 is 0 Å². The topological polar surface area (TPSA) is 20.2 Å². The van der Waals surface area contributed by atoms with Gasteiger partial charge in [-0.25, -0.2) is 8.78 Å². The molecule has 0 aromatic heterocycles. The van der Waals surface area contributed by atoms with Crippen LogP contribution < -0.4 is 0 Å². The minimum atomic E-state index is -1.57.